The van der Waals surface area contributed by atoms with Crippen LogP contribution in [0.25, 0.3) is 0 Å². The lowest BCUT2D eigenvalue weighted by molar-refractivity contribution is 0.134. The molecule has 0 aliphatic carbocycles. The number of rotatable bonds is 8. The van der Waals surface area contributed by atoms with Crippen LogP contribution in [0.1, 0.15) is 45.1 Å². The summed E-state index contributed by atoms with van der Waals surface area (Å²) in [5.41, 5.74) is 6.82. The van der Waals surface area contributed by atoms with Crippen molar-refractivity contribution in [3.05, 3.63) is 23.8 Å². The van der Waals surface area contributed by atoms with Crippen LogP contribution in [0.3, 0.4) is 0 Å². The van der Waals surface area contributed by atoms with Crippen molar-refractivity contribution in [2.75, 3.05) is 13.7 Å². The molecule has 1 rings (SSSR count). The maximum absolute atomic E-state index is 9.87. The van der Waals surface area contributed by atoms with Gasteiger partial charge in [0.05, 0.1) is 19.8 Å². The van der Waals surface area contributed by atoms with Gasteiger partial charge in [0.2, 0.25) is 0 Å². The van der Waals surface area contributed by atoms with Gasteiger partial charge in [-0.05, 0) is 43.4 Å². The van der Waals surface area contributed by atoms with Crippen LogP contribution in [-0.2, 0) is 0 Å². The third-order valence-corrected chi connectivity index (χ3v) is 3.42. The van der Waals surface area contributed by atoms with Crippen LogP contribution >= 0.6 is 0 Å². The van der Waals surface area contributed by atoms with Gasteiger partial charge in [-0.3, -0.25) is 0 Å². The highest BCUT2D eigenvalue weighted by molar-refractivity contribution is 5.43. The van der Waals surface area contributed by atoms with Crippen LogP contribution in [0.15, 0.2) is 18.2 Å². The molecule has 3 unspecified atom stereocenters. The molecule has 0 heterocycles. The highest BCUT2D eigenvalue weighted by Gasteiger charge is 2.17. The van der Waals surface area contributed by atoms with Crippen molar-refractivity contribution in [3.8, 4) is 11.5 Å². The Kier molecular flexibility index (Phi) is 6.82. The Bertz CT molecular complexity index is 407. The van der Waals surface area contributed by atoms with Gasteiger partial charge in [0.25, 0.3) is 0 Å². The summed E-state index contributed by atoms with van der Waals surface area (Å²) in [5.74, 6) is 1.71. The average molecular weight is 281 g/mol. The van der Waals surface area contributed by atoms with Crippen LogP contribution in [0.5, 0.6) is 11.5 Å². The smallest absolute Gasteiger partial charge is 0.161 e. The van der Waals surface area contributed by atoms with E-state index in [-0.39, 0.29) is 12.0 Å². The van der Waals surface area contributed by atoms with E-state index in [4.69, 9.17) is 15.2 Å². The zero-order chi connectivity index (χ0) is 15.1. The second kappa shape index (κ2) is 8.12. The standard InChI is InChI=1S/C16H27NO3/c1-5-8-20-15-7-6-13(10-16(15)19-4)11(2)9-14(18)12(3)17/h6-7,10-12,14,18H,5,8-9,17H2,1-4H3. The molecule has 4 nitrogen and oxygen atoms in total. The Morgan fingerprint density at radius 3 is 2.50 bits per heavy atom. The highest BCUT2D eigenvalue weighted by atomic mass is 16.5. The maximum Gasteiger partial charge on any atom is 0.161 e. The molecule has 3 atom stereocenters. The number of aliphatic hydroxyl groups excluding tert-OH is 1. The zero-order valence-electron chi connectivity index (χ0n) is 12.9. The molecule has 0 aliphatic rings. The molecule has 0 aliphatic heterocycles. The van der Waals surface area contributed by atoms with Crippen molar-refractivity contribution in [2.45, 2.75) is 51.7 Å². The Morgan fingerprint density at radius 2 is 1.95 bits per heavy atom. The van der Waals surface area contributed by atoms with Crippen molar-refractivity contribution in [1.82, 2.24) is 0 Å². The van der Waals surface area contributed by atoms with E-state index < -0.39 is 6.10 Å². The molecule has 20 heavy (non-hydrogen) atoms. The number of aliphatic hydroxyl groups is 1. The third kappa shape index (κ3) is 4.69. The molecule has 0 bridgehead atoms. The summed E-state index contributed by atoms with van der Waals surface area (Å²) in [6.45, 7) is 6.64. The number of nitrogens with two attached hydrogens (primary N) is 1. The summed E-state index contributed by atoms with van der Waals surface area (Å²) in [6, 6.07) is 5.71. The quantitative estimate of drug-likeness (QED) is 0.769. The molecule has 4 heteroatoms. The number of methoxy groups -OCH3 is 1. The molecule has 1 aromatic rings. The lowest BCUT2D eigenvalue weighted by Crippen LogP contribution is -2.32. The van der Waals surface area contributed by atoms with Crippen LogP contribution in [0, 0.1) is 0 Å². The number of benzene rings is 1. The fraction of sp³-hybridized carbons (Fsp3) is 0.625. The van der Waals surface area contributed by atoms with Crippen molar-refractivity contribution in [2.24, 2.45) is 5.73 Å². The second-order valence-corrected chi connectivity index (χ2v) is 5.32. The molecule has 0 saturated carbocycles. The van der Waals surface area contributed by atoms with Crippen LogP contribution in [-0.4, -0.2) is 31.0 Å². The first-order valence-electron chi connectivity index (χ1n) is 7.24. The lowest BCUT2D eigenvalue weighted by Gasteiger charge is -2.20. The average Bonchev–Trinajstić information content (AvgIpc) is 2.44. The van der Waals surface area contributed by atoms with Crippen molar-refractivity contribution >= 4 is 0 Å². The normalized spacial score (nSPS) is 15.5. The molecule has 0 amide bonds. The summed E-state index contributed by atoms with van der Waals surface area (Å²) in [7, 11) is 1.64. The van der Waals surface area contributed by atoms with E-state index in [1.165, 1.54) is 0 Å². The monoisotopic (exact) mass is 281 g/mol. The largest absolute Gasteiger partial charge is 0.493 e. The summed E-state index contributed by atoms with van der Waals surface area (Å²) in [5, 5.41) is 9.87. The second-order valence-electron chi connectivity index (χ2n) is 5.32. The number of hydrogen-bond donors (Lipinski definition) is 2. The molecular weight excluding hydrogens is 254 g/mol. The van der Waals surface area contributed by atoms with Gasteiger partial charge in [-0.25, -0.2) is 0 Å². The molecule has 0 spiro atoms. The Hall–Kier alpha value is -1.26. The van der Waals surface area contributed by atoms with Gasteiger partial charge in [-0.1, -0.05) is 19.9 Å². The Morgan fingerprint density at radius 1 is 1.25 bits per heavy atom. The SMILES string of the molecule is CCCOc1ccc(C(C)CC(O)C(C)N)cc1OC. The molecule has 0 saturated heterocycles. The maximum atomic E-state index is 9.87. The molecule has 0 fully saturated rings. The van der Waals surface area contributed by atoms with Gasteiger partial charge in [-0.2, -0.15) is 0 Å². The minimum absolute atomic E-state index is 0.213. The number of ether oxygens (including phenoxy) is 2. The topological polar surface area (TPSA) is 64.7 Å². The first kappa shape index (κ1) is 16.8. The van der Waals surface area contributed by atoms with E-state index >= 15 is 0 Å². The van der Waals surface area contributed by atoms with Gasteiger partial charge < -0.3 is 20.3 Å². The van der Waals surface area contributed by atoms with Crippen LogP contribution in [0.4, 0.5) is 0 Å². The van der Waals surface area contributed by atoms with Crippen LogP contribution in [0.2, 0.25) is 0 Å². The van der Waals surface area contributed by atoms with E-state index in [1.54, 1.807) is 7.11 Å². The van der Waals surface area contributed by atoms with Crippen molar-refractivity contribution in [3.63, 3.8) is 0 Å². The van der Waals surface area contributed by atoms with E-state index in [9.17, 15) is 5.11 Å². The summed E-state index contributed by atoms with van der Waals surface area (Å²) in [6.07, 6.45) is 1.10. The molecule has 114 valence electrons. The summed E-state index contributed by atoms with van der Waals surface area (Å²) < 4.78 is 11.0. The summed E-state index contributed by atoms with van der Waals surface area (Å²) >= 11 is 0. The molecular formula is C16H27NO3. The van der Waals surface area contributed by atoms with Crippen LogP contribution < -0.4 is 15.2 Å². The van der Waals surface area contributed by atoms with E-state index in [0.717, 1.165) is 23.5 Å². The Balaban J connectivity index is 2.80. The van der Waals surface area contributed by atoms with Gasteiger partial charge in [-0.15, -0.1) is 0 Å². The Labute approximate surface area is 121 Å². The number of hydrogen-bond acceptors (Lipinski definition) is 4. The fourth-order valence-electron chi connectivity index (χ4n) is 2.03. The fourth-order valence-corrected chi connectivity index (χ4v) is 2.03. The van der Waals surface area contributed by atoms with E-state index in [2.05, 4.69) is 13.8 Å². The lowest BCUT2D eigenvalue weighted by atomic mass is 9.92. The minimum Gasteiger partial charge on any atom is -0.493 e. The molecule has 3 N–H and O–H groups in total. The zero-order valence-corrected chi connectivity index (χ0v) is 12.9. The van der Waals surface area contributed by atoms with E-state index in [0.29, 0.717) is 13.0 Å². The minimum atomic E-state index is -0.494. The summed E-state index contributed by atoms with van der Waals surface area (Å²) in [4.78, 5) is 0. The van der Waals surface area contributed by atoms with Gasteiger partial charge in [0.1, 0.15) is 0 Å². The molecule has 0 radical (unpaired) electrons. The van der Waals surface area contributed by atoms with E-state index in [1.807, 2.05) is 25.1 Å². The first-order chi connectivity index (χ1) is 9.49. The van der Waals surface area contributed by atoms with Crippen molar-refractivity contribution < 1.29 is 14.6 Å². The predicted molar refractivity (Wildman–Crippen MR) is 81.5 cm³/mol. The van der Waals surface area contributed by atoms with Crippen molar-refractivity contribution in [1.29, 1.82) is 0 Å². The highest BCUT2D eigenvalue weighted by Crippen LogP contribution is 2.32. The molecule has 1 aromatic carbocycles. The predicted octanol–water partition coefficient (Wildman–Crippen LogP) is 2.69. The van der Waals surface area contributed by atoms with Gasteiger partial charge >= 0.3 is 0 Å². The van der Waals surface area contributed by atoms with Gasteiger partial charge in [0.15, 0.2) is 11.5 Å². The van der Waals surface area contributed by atoms with Gasteiger partial charge in [0, 0.05) is 6.04 Å². The first-order valence-corrected chi connectivity index (χ1v) is 7.24. The third-order valence-electron chi connectivity index (χ3n) is 3.42. The molecule has 0 aromatic heterocycles.